The second-order valence-corrected chi connectivity index (χ2v) is 5.76. The van der Waals surface area contributed by atoms with Crippen LogP contribution in [0.1, 0.15) is 34.1 Å². The molecule has 0 aromatic carbocycles. The van der Waals surface area contributed by atoms with E-state index in [1.54, 1.807) is 10.9 Å². The Bertz CT molecular complexity index is 713. The fourth-order valence-corrected chi connectivity index (χ4v) is 1.85. The molecule has 0 aliphatic heterocycles. The number of nitrogens with one attached hydrogen (secondary N) is 1. The van der Waals surface area contributed by atoms with Gasteiger partial charge in [-0.15, -0.1) is 0 Å². The van der Waals surface area contributed by atoms with Gasteiger partial charge in [-0.25, -0.2) is 9.67 Å². The molecule has 0 spiro atoms. The molecular formula is C15H20N4O. The van der Waals surface area contributed by atoms with Gasteiger partial charge in [0.1, 0.15) is 5.39 Å². The average Bonchev–Trinajstić information content (AvgIpc) is 2.79. The molecule has 106 valence electrons. The Labute approximate surface area is 118 Å². The molecule has 0 radical (unpaired) electrons. The van der Waals surface area contributed by atoms with Gasteiger partial charge in [0, 0.05) is 5.70 Å². The predicted octanol–water partition coefficient (Wildman–Crippen LogP) is 2.97. The van der Waals surface area contributed by atoms with E-state index < -0.39 is 0 Å². The Balaban J connectivity index is 2.45. The molecular weight excluding hydrogens is 252 g/mol. The molecule has 2 aromatic heterocycles. The molecule has 2 heterocycles. The van der Waals surface area contributed by atoms with Gasteiger partial charge >= 0.3 is 0 Å². The quantitative estimate of drug-likeness (QED) is 0.874. The maximum Gasteiger partial charge on any atom is 0.261 e. The van der Waals surface area contributed by atoms with Crippen molar-refractivity contribution in [1.82, 2.24) is 19.7 Å². The molecule has 2 rings (SSSR count). The summed E-state index contributed by atoms with van der Waals surface area (Å²) in [6.07, 6.45) is 9.94. The highest BCUT2D eigenvalue weighted by Gasteiger charge is 2.09. The minimum absolute atomic E-state index is 0.136. The fourth-order valence-electron chi connectivity index (χ4n) is 1.85. The molecule has 0 fully saturated rings. The zero-order valence-corrected chi connectivity index (χ0v) is 12.3. The molecule has 0 unspecified atom stereocenters. The molecule has 0 saturated carbocycles. The molecule has 0 aliphatic carbocycles. The molecule has 2 aromatic rings. The van der Waals surface area contributed by atoms with Gasteiger partial charge in [0.2, 0.25) is 0 Å². The predicted molar refractivity (Wildman–Crippen MR) is 81.3 cm³/mol. The van der Waals surface area contributed by atoms with Gasteiger partial charge in [0.25, 0.3) is 5.56 Å². The maximum atomic E-state index is 11.7. The highest BCUT2D eigenvalue weighted by Crippen LogP contribution is 2.17. The van der Waals surface area contributed by atoms with Gasteiger partial charge in [-0.2, -0.15) is 5.10 Å². The van der Waals surface area contributed by atoms with Crippen LogP contribution in [-0.2, 0) is 0 Å². The van der Waals surface area contributed by atoms with E-state index in [0.29, 0.717) is 11.0 Å². The van der Waals surface area contributed by atoms with E-state index in [0.717, 1.165) is 12.1 Å². The molecule has 5 nitrogen and oxygen atoms in total. The third-order valence-electron chi connectivity index (χ3n) is 2.89. The van der Waals surface area contributed by atoms with Crippen LogP contribution in [0.5, 0.6) is 0 Å². The van der Waals surface area contributed by atoms with Crippen LogP contribution in [0.25, 0.3) is 16.7 Å². The van der Waals surface area contributed by atoms with Gasteiger partial charge in [0.15, 0.2) is 5.65 Å². The SMILES string of the molecule is CC/C(=C\C=C/C(C)(C)C)n1ncc2c(=O)[nH]cnc21. The van der Waals surface area contributed by atoms with Crippen molar-refractivity contribution in [3.8, 4) is 0 Å². The molecule has 1 N–H and O–H groups in total. The Kier molecular flexibility index (Phi) is 3.88. The van der Waals surface area contributed by atoms with Crippen molar-refractivity contribution in [1.29, 1.82) is 0 Å². The lowest BCUT2D eigenvalue weighted by atomic mass is 9.96. The lowest BCUT2D eigenvalue weighted by Crippen LogP contribution is -2.07. The second kappa shape index (κ2) is 5.45. The first-order valence-electron chi connectivity index (χ1n) is 6.72. The number of rotatable bonds is 3. The van der Waals surface area contributed by atoms with Crippen molar-refractivity contribution >= 4 is 16.7 Å². The van der Waals surface area contributed by atoms with Gasteiger partial charge in [0.05, 0.1) is 12.5 Å². The summed E-state index contributed by atoms with van der Waals surface area (Å²) in [4.78, 5) is 18.4. The van der Waals surface area contributed by atoms with Crippen LogP contribution in [0.2, 0.25) is 0 Å². The zero-order chi connectivity index (χ0) is 14.8. The summed E-state index contributed by atoms with van der Waals surface area (Å²) in [5, 5.41) is 4.78. The van der Waals surface area contributed by atoms with Crippen LogP contribution in [0, 0.1) is 5.41 Å². The van der Waals surface area contributed by atoms with E-state index in [1.807, 2.05) is 12.2 Å². The third-order valence-corrected chi connectivity index (χ3v) is 2.89. The Morgan fingerprint density at radius 2 is 2.20 bits per heavy atom. The minimum atomic E-state index is -0.165. The number of allylic oxidation sites excluding steroid dienone is 4. The summed E-state index contributed by atoms with van der Waals surface area (Å²) in [6, 6.07) is 0. The minimum Gasteiger partial charge on any atom is -0.312 e. The number of hydrogen-bond acceptors (Lipinski definition) is 3. The average molecular weight is 272 g/mol. The van der Waals surface area contributed by atoms with E-state index in [1.165, 1.54) is 6.33 Å². The largest absolute Gasteiger partial charge is 0.312 e. The van der Waals surface area contributed by atoms with Crippen molar-refractivity contribution in [2.75, 3.05) is 0 Å². The number of aromatic nitrogens is 4. The van der Waals surface area contributed by atoms with E-state index in [9.17, 15) is 4.79 Å². The Morgan fingerprint density at radius 3 is 2.85 bits per heavy atom. The van der Waals surface area contributed by atoms with E-state index >= 15 is 0 Å². The standard InChI is InChI=1S/C15H20N4O/c1-5-11(7-6-8-15(2,3)4)19-13-12(9-18-19)14(20)17-10-16-13/h6-10H,5H2,1-4H3,(H,16,17,20)/b8-6-,11-7+. The molecule has 0 aliphatic rings. The number of fused-ring (bicyclic) bond motifs is 1. The second-order valence-electron chi connectivity index (χ2n) is 5.76. The maximum absolute atomic E-state index is 11.7. The Hall–Kier alpha value is -2.17. The van der Waals surface area contributed by atoms with Crippen LogP contribution in [0.15, 0.2) is 35.5 Å². The first-order chi connectivity index (χ1) is 9.42. The van der Waals surface area contributed by atoms with Crippen LogP contribution < -0.4 is 5.56 Å². The summed E-state index contributed by atoms with van der Waals surface area (Å²) < 4.78 is 1.72. The molecule has 0 atom stereocenters. The number of H-pyrrole nitrogens is 1. The number of nitrogens with zero attached hydrogens (tertiary/aromatic N) is 3. The van der Waals surface area contributed by atoms with Crippen molar-refractivity contribution in [2.45, 2.75) is 34.1 Å². The summed E-state index contributed by atoms with van der Waals surface area (Å²) in [7, 11) is 0. The van der Waals surface area contributed by atoms with Crippen LogP contribution in [-0.4, -0.2) is 19.7 Å². The third kappa shape index (κ3) is 3.04. The fraction of sp³-hybridized carbons (Fsp3) is 0.400. The van der Waals surface area contributed by atoms with Crippen molar-refractivity contribution < 1.29 is 0 Å². The first-order valence-corrected chi connectivity index (χ1v) is 6.72. The molecule has 0 amide bonds. The van der Waals surface area contributed by atoms with Gasteiger partial charge < -0.3 is 4.98 Å². The lowest BCUT2D eigenvalue weighted by molar-refractivity contribution is 0.544. The summed E-state index contributed by atoms with van der Waals surface area (Å²) in [6.45, 7) is 8.49. The van der Waals surface area contributed by atoms with Crippen molar-refractivity contribution in [3.05, 3.63) is 41.1 Å². The molecule has 0 bridgehead atoms. The normalized spacial score (nSPS) is 13.5. The highest BCUT2D eigenvalue weighted by atomic mass is 16.1. The lowest BCUT2D eigenvalue weighted by Gasteiger charge is -2.10. The van der Waals surface area contributed by atoms with Gasteiger partial charge in [-0.3, -0.25) is 4.79 Å². The van der Waals surface area contributed by atoms with E-state index in [-0.39, 0.29) is 11.0 Å². The molecule has 20 heavy (non-hydrogen) atoms. The summed E-state index contributed by atoms with van der Waals surface area (Å²) >= 11 is 0. The van der Waals surface area contributed by atoms with E-state index in [4.69, 9.17) is 0 Å². The van der Waals surface area contributed by atoms with Gasteiger partial charge in [-0.1, -0.05) is 39.8 Å². The first kappa shape index (κ1) is 14.2. The van der Waals surface area contributed by atoms with Crippen molar-refractivity contribution in [2.24, 2.45) is 5.41 Å². The zero-order valence-electron chi connectivity index (χ0n) is 12.3. The summed E-state index contributed by atoms with van der Waals surface area (Å²) in [5.41, 5.74) is 1.56. The topological polar surface area (TPSA) is 63.6 Å². The van der Waals surface area contributed by atoms with Crippen LogP contribution >= 0.6 is 0 Å². The van der Waals surface area contributed by atoms with Gasteiger partial charge in [-0.05, 0) is 17.9 Å². The van der Waals surface area contributed by atoms with Crippen LogP contribution in [0.3, 0.4) is 0 Å². The van der Waals surface area contributed by atoms with Crippen LogP contribution in [0.4, 0.5) is 0 Å². The number of aromatic amines is 1. The molecule has 0 saturated heterocycles. The monoisotopic (exact) mass is 272 g/mol. The van der Waals surface area contributed by atoms with Crippen molar-refractivity contribution in [3.63, 3.8) is 0 Å². The number of hydrogen-bond donors (Lipinski definition) is 1. The van der Waals surface area contributed by atoms with E-state index in [2.05, 4.69) is 48.8 Å². The summed E-state index contributed by atoms with van der Waals surface area (Å²) in [5.74, 6) is 0. The highest BCUT2D eigenvalue weighted by molar-refractivity contribution is 5.76. The Morgan fingerprint density at radius 1 is 1.45 bits per heavy atom. The molecule has 5 heteroatoms. The smallest absolute Gasteiger partial charge is 0.261 e.